The lowest BCUT2D eigenvalue weighted by Gasteiger charge is -2.15. The molecule has 18 heavy (non-hydrogen) atoms. The van der Waals surface area contributed by atoms with Gasteiger partial charge < -0.3 is 11.1 Å². The second kappa shape index (κ2) is 6.99. The number of nitrogens with one attached hydrogen (secondary N) is 1. The fourth-order valence-electron chi connectivity index (χ4n) is 2.17. The largest absolute Gasteiger partial charge is 0.375 e. The average Bonchev–Trinajstić information content (AvgIpc) is 2.60. The van der Waals surface area contributed by atoms with E-state index in [1.807, 2.05) is 0 Å². The van der Waals surface area contributed by atoms with Gasteiger partial charge in [-0.25, -0.2) is 4.98 Å². The number of nitrogen functional groups attached to an aromatic ring is 1. The maximum Gasteiger partial charge on any atom is 0.230 e. The number of aromatic nitrogens is 1. The molecule has 0 radical (unpaired) electrons. The minimum absolute atomic E-state index is 0.124. The van der Waals surface area contributed by atoms with E-state index in [-0.39, 0.29) is 5.91 Å². The summed E-state index contributed by atoms with van der Waals surface area (Å²) in [6.07, 6.45) is 9.08. The minimum atomic E-state index is 0.124. The average molecular weight is 285 g/mol. The molecule has 1 fully saturated rings. The Balaban J connectivity index is 1.71. The number of hydrogen-bond donors (Lipinski definition) is 2. The van der Waals surface area contributed by atoms with Crippen molar-refractivity contribution in [3.8, 4) is 0 Å². The Kier molecular flexibility index (Phi) is 5.31. The van der Waals surface area contributed by atoms with Gasteiger partial charge in [0.15, 0.2) is 5.13 Å². The third kappa shape index (κ3) is 4.49. The topological polar surface area (TPSA) is 68.0 Å². The van der Waals surface area contributed by atoms with E-state index >= 15 is 0 Å². The summed E-state index contributed by atoms with van der Waals surface area (Å²) in [5.41, 5.74) is 5.55. The van der Waals surface area contributed by atoms with Gasteiger partial charge in [0.25, 0.3) is 0 Å². The highest BCUT2D eigenvalue weighted by atomic mass is 32.2. The summed E-state index contributed by atoms with van der Waals surface area (Å²) in [6.45, 7) is 0. The van der Waals surface area contributed by atoms with Crippen molar-refractivity contribution in [1.82, 2.24) is 10.3 Å². The van der Waals surface area contributed by atoms with Crippen LogP contribution in [0.3, 0.4) is 0 Å². The SMILES string of the molecule is Nc1ncc(SCC(=O)NC2CCCCCC2)s1. The predicted octanol–water partition coefficient (Wildman–Crippen LogP) is 2.66. The fourth-order valence-corrected chi connectivity index (χ4v) is 3.74. The molecule has 1 heterocycles. The predicted molar refractivity (Wildman–Crippen MR) is 76.9 cm³/mol. The van der Waals surface area contributed by atoms with E-state index in [0.717, 1.165) is 17.1 Å². The molecular weight excluding hydrogens is 266 g/mol. The molecule has 1 aromatic rings. The molecule has 3 N–H and O–H groups in total. The molecule has 100 valence electrons. The number of nitrogens with zero attached hydrogens (tertiary/aromatic N) is 1. The van der Waals surface area contributed by atoms with E-state index in [2.05, 4.69) is 10.3 Å². The molecule has 0 unspecified atom stereocenters. The van der Waals surface area contributed by atoms with Crippen molar-refractivity contribution in [3.63, 3.8) is 0 Å². The Bertz CT molecular complexity index is 386. The molecule has 6 heteroatoms. The van der Waals surface area contributed by atoms with Gasteiger partial charge in [0.05, 0.1) is 16.2 Å². The van der Waals surface area contributed by atoms with Crippen LogP contribution in [0, 0.1) is 0 Å². The van der Waals surface area contributed by atoms with Crippen LogP contribution in [0.1, 0.15) is 38.5 Å². The normalized spacial score (nSPS) is 17.3. The molecule has 0 aromatic carbocycles. The molecule has 2 rings (SSSR count). The second-order valence-electron chi connectivity index (χ2n) is 4.56. The summed E-state index contributed by atoms with van der Waals surface area (Å²) >= 11 is 2.94. The van der Waals surface area contributed by atoms with E-state index < -0.39 is 0 Å². The lowest BCUT2D eigenvalue weighted by molar-refractivity contribution is -0.119. The third-order valence-electron chi connectivity index (χ3n) is 3.07. The number of carbonyl (C=O) groups is 1. The summed E-state index contributed by atoms with van der Waals surface area (Å²) < 4.78 is 1.00. The summed E-state index contributed by atoms with van der Waals surface area (Å²) in [6, 6.07) is 0.382. The lowest BCUT2D eigenvalue weighted by atomic mass is 10.1. The monoisotopic (exact) mass is 285 g/mol. The molecule has 0 aliphatic heterocycles. The molecule has 1 saturated carbocycles. The number of rotatable bonds is 4. The van der Waals surface area contributed by atoms with Crippen molar-refractivity contribution < 1.29 is 4.79 Å². The first-order valence-electron chi connectivity index (χ1n) is 6.37. The van der Waals surface area contributed by atoms with Crippen LogP contribution in [-0.2, 0) is 4.79 Å². The Morgan fingerprint density at radius 3 is 2.78 bits per heavy atom. The van der Waals surface area contributed by atoms with E-state index in [1.165, 1.54) is 48.8 Å². The van der Waals surface area contributed by atoms with E-state index in [0.29, 0.717) is 16.9 Å². The van der Waals surface area contributed by atoms with Gasteiger partial charge in [-0.3, -0.25) is 4.79 Å². The number of thioether (sulfide) groups is 1. The van der Waals surface area contributed by atoms with Crippen LogP contribution in [-0.4, -0.2) is 22.7 Å². The van der Waals surface area contributed by atoms with Gasteiger partial charge in [0.1, 0.15) is 0 Å². The molecule has 0 bridgehead atoms. The van der Waals surface area contributed by atoms with Gasteiger partial charge in [0.2, 0.25) is 5.91 Å². The first-order chi connectivity index (χ1) is 8.74. The van der Waals surface area contributed by atoms with Crippen molar-refractivity contribution in [3.05, 3.63) is 6.20 Å². The van der Waals surface area contributed by atoms with E-state index in [9.17, 15) is 4.79 Å². The molecule has 1 amide bonds. The number of thiazole rings is 1. The third-order valence-corrected chi connectivity index (χ3v) is 5.09. The number of amides is 1. The Morgan fingerprint density at radius 2 is 2.17 bits per heavy atom. The molecule has 1 aliphatic carbocycles. The quantitative estimate of drug-likeness (QED) is 0.659. The van der Waals surface area contributed by atoms with E-state index in [4.69, 9.17) is 5.73 Å². The number of nitrogens with two attached hydrogens (primary N) is 1. The van der Waals surface area contributed by atoms with E-state index in [1.54, 1.807) is 6.20 Å². The first-order valence-corrected chi connectivity index (χ1v) is 8.18. The van der Waals surface area contributed by atoms with Gasteiger partial charge in [-0.1, -0.05) is 37.0 Å². The zero-order valence-electron chi connectivity index (χ0n) is 10.4. The van der Waals surface area contributed by atoms with Crippen molar-refractivity contribution in [2.45, 2.75) is 48.8 Å². The molecule has 1 aliphatic rings. The van der Waals surface area contributed by atoms with Crippen LogP contribution in [0.5, 0.6) is 0 Å². The van der Waals surface area contributed by atoms with Gasteiger partial charge >= 0.3 is 0 Å². The highest BCUT2D eigenvalue weighted by Gasteiger charge is 2.14. The van der Waals surface area contributed by atoms with Crippen LogP contribution in [0.4, 0.5) is 5.13 Å². The van der Waals surface area contributed by atoms with Crippen molar-refractivity contribution in [2.75, 3.05) is 11.5 Å². The summed E-state index contributed by atoms with van der Waals surface area (Å²) in [7, 11) is 0. The van der Waals surface area contributed by atoms with Gasteiger partial charge in [-0.05, 0) is 12.8 Å². The van der Waals surface area contributed by atoms with Gasteiger partial charge in [-0.2, -0.15) is 0 Å². The Labute approximate surface area is 116 Å². The number of anilines is 1. The van der Waals surface area contributed by atoms with Crippen LogP contribution < -0.4 is 11.1 Å². The van der Waals surface area contributed by atoms with Crippen LogP contribution in [0.2, 0.25) is 0 Å². The molecule has 1 aromatic heterocycles. The summed E-state index contributed by atoms with van der Waals surface area (Å²) in [4.78, 5) is 15.8. The molecule has 4 nitrogen and oxygen atoms in total. The Morgan fingerprint density at radius 1 is 1.44 bits per heavy atom. The fraction of sp³-hybridized carbons (Fsp3) is 0.667. The van der Waals surface area contributed by atoms with Crippen LogP contribution >= 0.6 is 23.1 Å². The summed E-state index contributed by atoms with van der Waals surface area (Å²) in [5.74, 6) is 0.580. The molecule has 0 atom stereocenters. The lowest BCUT2D eigenvalue weighted by Crippen LogP contribution is -2.35. The van der Waals surface area contributed by atoms with Gasteiger partial charge in [0, 0.05) is 6.04 Å². The minimum Gasteiger partial charge on any atom is -0.375 e. The summed E-state index contributed by atoms with van der Waals surface area (Å²) in [5, 5.41) is 3.69. The maximum absolute atomic E-state index is 11.8. The van der Waals surface area contributed by atoms with Crippen molar-refractivity contribution in [2.24, 2.45) is 0 Å². The van der Waals surface area contributed by atoms with Gasteiger partial charge in [-0.15, -0.1) is 11.8 Å². The Hall–Kier alpha value is -0.750. The first kappa shape index (κ1) is 13.7. The second-order valence-corrected chi connectivity index (χ2v) is 6.90. The van der Waals surface area contributed by atoms with Crippen LogP contribution in [0.25, 0.3) is 0 Å². The zero-order chi connectivity index (χ0) is 12.8. The highest BCUT2D eigenvalue weighted by Crippen LogP contribution is 2.26. The van der Waals surface area contributed by atoms with Crippen molar-refractivity contribution in [1.29, 1.82) is 0 Å². The molecule has 0 saturated heterocycles. The smallest absolute Gasteiger partial charge is 0.230 e. The zero-order valence-corrected chi connectivity index (χ0v) is 12.0. The maximum atomic E-state index is 11.8. The van der Waals surface area contributed by atoms with Crippen LogP contribution in [0.15, 0.2) is 10.4 Å². The number of carbonyl (C=O) groups excluding carboxylic acids is 1. The molecule has 0 spiro atoms. The number of hydrogen-bond acceptors (Lipinski definition) is 5. The highest BCUT2D eigenvalue weighted by molar-refractivity contribution is 8.01. The standard InChI is InChI=1S/C12H19N3OS2/c13-12-14-7-11(18-12)17-8-10(16)15-9-5-3-1-2-4-6-9/h7,9H,1-6,8H2,(H2,13,14)(H,15,16). The molecular formula is C12H19N3OS2. The van der Waals surface area contributed by atoms with Crippen molar-refractivity contribution >= 4 is 34.1 Å².